The van der Waals surface area contributed by atoms with Gasteiger partial charge in [-0.25, -0.2) is 8.42 Å². The van der Waals surface area contributed by atoms with Gasteiger partial charge in [0, 0.05) is 6.54 Å². The Bertz CT molecular complexity index is 571. The van der Waals surface area contributed by atoms with E-state index in [4.69, 9.17) is 16.7 Å². The summed E-state index contributed by atoms with van der Waals surface area (Å²) in [7, 11) is -3.89. The second-order valence-corrected chi connectivity index (χ2v) is 6.40. The maximum Gasteiger partial charge on any atom is 0.318 e. The van der Waals surface area contributed by atoms with Gasteiger partial charge in [-0.1, -0.05) is 30.7 Å². The van der Waals surface area contributed by atoms with E-state index in [2.05, 4.69) is 0 Å². The van der Waals surface area contributed by atoms with Gasteiger partial charge in [-0.05, 0) is 25.0 Å². The fourth-order valence-electron chi connectivity index (χ4n) is 1.64. The van der Waals surface area contributed by atoms with E-state index in [0.29, 0.717) is 12.0 Å². The highest BCUT2D eigenvalue weighted by Gasteiger charge is 2.28. The molecule has 0 aliphatic rings. The van der Waals surface area contributed by atoms with Gasteiger partial charge in [0.2, 0.25) is 10.0 Å². The number of carboxylic acids is 1. The summed E-state index contributed by atoms with van der Waals surface area (Å²) in [5.74, 6) is -1.19. The van der Waals surface area contributed by atoms with Gasteiger partial charge in [0.05, 0.1) is 5.02 Å². The van der Waals surface area contributed by atoms with E-state index in [-0.39, 0.29) is 16.5 Å². The van der Waals surface area contributed by atoms with Crippen molar-refractivity contribution in [3.8, 4) is 0 Å². The first-order chi connectivity index (χ1) is 8.80. The lowest BCUT2D eigenvalue weighted by molar-refractivity contribution is -0.137. The highest BCUT2D eigenvalue weighted by molar-refractivity contribution is 7.89. The number of hydrogen-bond acceptors (Lipinski definition) is 3. The van der Waals surface area contributed by atoms with E-state index < -0.39 is 22.5 Å². The van der Waals surface area contributed by atoms with Gasteiger partial charge in [0.15, 0.2) is 0 Å². The molecule has 0 unspecified atom stereocenters. The molecule has 0 spiro atoms. The zero-order chi connectivity index (χ0) is 14.6. The molecule has 0 fully saturated rings. The van der Waals surface area contributed by atoms with Crippen LogP contribution in [0.5, 0.6) is 0 Å². The van der Waals surface area contributed by atoms with Gasteiger partial charge in [-0.3, -0.25) is 4.79 Å². The fourth-order valence-corrected chi connectivity index (χ4v) is 3.68. The van der Waals surface area contributed by atoms with E-state index in [1.807, 2.05) is 0 Å². The standard InChI is InChI=1S/C12H16ClNO4S/c1-3-7-14(8-11(15)16)19(17,18)10-6-4-5-9(2)12(10)13/h4-6H,3,7-8H2,1-2H3,(H,15,16). The molecule has 0 bridgehead atoms. The molecule has 0 aliphatic carbocycles. The summed E-state index contributed by atoms with van der Waals surface area (Å²) in [4.78, 5) is 10.7. The zero-order valence-corrected chi connectivity index (χ0v) is 12.3. The summed E-state index contributed by atoms with van der Waals surface area (Å²) in [5, 5.41) is 8.94. The van der Waals surface area contributed by atoms with Crippen LogP contribution in [0.3, 0.4) is 0 Å². The van der Waals surface area contributed by atoms with E-state index in [1.54, 1.807) is 26.0 Å². The lowest BCUT2D eigenvalue weighted by atomic mass is 10.2. The van der Waals surface area contributed by atoms with Crippen molar-refractivity contribution in [2.45, 2.75) is 25.2 Å². The van der Waals surface area contributed by atoms with Crippen molar-refractivity contribution in [3.05, 3.63) is 28.8 Å². The first kappa shape index (κ1) is 15.9. The predicted molar refractivity (Wildman–Crippen MR) is 72.9 cm³/mol. The number of aryl methyl sites for hydroxylation is 1. The van der Waals surface area contributed by atoms with Crippen molar-refractivity contribution >= 4 is 27.6 Å². The SMILES string of the molecule is CCCN(CC(=O)O)S(=O)(=O)c1cccc(C)c1Cl. The highest BCUT2D eigenvalue weighted by Crippen LogP contribution is 2.27. The Hall–Kier alpha value is -1.11. The Morgan fingerprint density at radius 2 is 2.05 bits per heavy atom. The first-order valence-electron chi connectivity index (χ1n) is 5.77. The van der Waals surface area contributed by atoms with Crippen LogP contribution in [0.4, 0.5) is 0 Å². The minimum absolute atomic E-state index is 0.0520. The largest absolute Gasteiger partial charge is 0.480 e. The molecular formula is C12H16ClNO4S. The smallest absolute Gasteiger partial charge is 0.318 e. The zero-order valence-electron chi connectivity index (χ0n) is 10.8. The maximum atomic E-state index is 12.4. The van der Waals surface area contributed by atoms with Crippen LogP contribution in [0.1, 0.15) is 18.9 Å². The lowest BCUT2D eigenvalue weighted by Gasteiger charge is -2.20. The van der Waals surface area contributed by atoms with E-state index in [9.17, 15) is 13.2 Å². The van der Waals surface area contributed by atoms with Crippen molar-refractivity contribution in [1.82, 2.24) is 4.31 Å². The number of aliphatic carboxylic acids is 1. The number of rotatable bonds is 6. The number of hydrogen-bond donors (Lipinski definition) is 1. The van der Waals surface area contributed by atoms with Crippen molar-refractivity contribution in [2.24, 2.45) is 0 Å². The molecule has 5 nitrogen and oxygen atoms in total. The van der Waals surface area contributed by atoms with Gasteiger partial charge >= 0.3 is 5.97 Å². The van der Waals surface area contributed by atoms with Crippen molar-refractivity contribution in [3.63, 3.8) is 0 Å². The van der Waals surface area contributed by atoms with Crippen LogP contribution < -0.4 is 0 Å². The summed E-state index contributed by atoms with van der Waals surface area (Å²) < 4.78 is 25.7. The van der Waals surface area contributed by atoms with Gasteiger partial charge in [0.1, 0.15) is 11.4 Å². The Morgan fingerprint density at radius 1 is 1.42 bits per heavy atom. The molecular weight excluding hydrogens is 290 g/mol. The molecule has 106 valence electrons. The molecule has 0 saturated carbocycles. The third-order valence-electron chi connectivity index (χ3n) is 2.56. The second kappa shape index (κ2) is 6.36. The number of halogens is 1. The molecule has 19 heavy (non-hydrogen) atoms. The Labute approximate surface area is 117 Å². The number of benzene rings is 1. The van der Waals surface area contributed by atoms with Crippen LogP contribution in [-0.2, 0) is 14.8 Å². The van der Waals surface area contributed by atoms with Crippen molar-refractivity contribution < 1.29 is 18.3 Å². The van der Waals surface area contributed by atoms with Crippen LogP contribution in [0.25, 0.3) is 0 Å². The summed E-state index contributed by atoms with van der Waals surface area (Å²) in [6.45, 7) is 3.05. The molecule has 1 N–H and O–H groups in total. The van der Waals surface area contributed by atoms with E-state index in [0.717, 1.165) is 4.31 Å². The molecule has 0 heterocycles. The quantitative estimate of drug-likeness (QED) is 0.873. The molecule has 0 atom stereocenters. The summed E-state index contributed by atoms with van der Waals surface area (Å²) in [6, 6.07) is 4.66. The molecule has 1 aromatic rings. The van der Waals surface area contributed by atoms with Crippen LogP contribution in [0.15, 0.2) is 23.1 Å². The van der Waals surface area contributed by atoms with E-state index in [1.165, 1.54) is 6.07 Å². The molecule has 1 rings (SSSR count). The number of carboxylic acid groups (broad SMARTS) is 1. The molecule has 0 saturated heterocycles. The van der Waals surface area contributed by atoms with E-state index >= 15 is 0 Å². The monoisotopic (exact) mass is 305 g/mol. The third-order valence-corrected chi connectivity index (χ3v) is 5.06. The predicted octanol–water partition coefficient (Wildman–Crippen LogP) is 2.13. The summed E-state index contributed by atoms with van der Waals surface area (Å²) >= 11 is 6.01. The molecule has 0 amide bonds. The Morgan fingerprint density at radius 3 is 2.58 bits per heavy atom. The Kier molecular flexibility index (Phi) is 5.34. The highest BCUT2D eigenvalue weighted by atomic mass is 35.5. The lowest BCUT2D eigenvalue weighted by Crippen LogP contribution is -2.36. The number of sulfonamides is 1. The normalized spacial score (nSPS) is 11.8. The third kappa shape index (κ3) is 3.68. The summed E-state index contributed by atoms with van der Waals surface area (Å²) in [5.41, 5.74) is 0.634. The molecule has 0 aromatic heterocycles. The van der Waals surface area contributed by atoms with Crippen LogP contribution in [0, 0.1) is 6.92 Å². The van der Waals surface area contributed by atoms with Gasteiger partial charge in [0.25, 0.3) is 0 Å². The number of carbonyl (C=O) groups is 1. The van der Waals surface area contributed by atoms with Crippen molar-refractivity contribution in [1.29, 1.82) is 0 Å². The van der Waals surface area contributed by atoms with Crippen LogP contribution in [-0.4, -0.2) is 36.9 Å². The molecule has 0 radical (unpaired) electrons. The number of nitrogens with zero attached hydrogens (tertiary/aromatic N) is 1. The maximum absolute atomic E-state index is 12.4. The first-order valence-corrected chi connectivity index (χ1v) is 7.59. The van der Waals surface area contributed by atoms with Crippen LogP contribution in [0.2, 0.25) is 5.02 Å². The average Bonchev–Trinajstić information content (AvgIpc) is 2.31. The minimum atomic E-state index is -3.89. The molecule has 7 heteroatoms. The topological polar surface area (TPSA) is 74.7 Å². The molecule has 0 aliphatic heterocycles. The van der Waals surface area contributed by atoms with Gasteiger partial charge < -0.3 is 5.11 Å². The van der Waals surface area contributed by atoms with Gasteiger partial charge in [-0.2, -0.15) is 4.31 Å². The summed E-state index contributed by atoms with van der Waals surface area (Å²) in [6.07, 6.45) is 0.524. The van der Waals surface area contributed by atoms with Gasteiger partial charge in [-0.15, -0.1) is 0 Å². The fraction of sp³-hybridized carbons (Fsp3) is 0.417. The van der Waals surface area contributed by atoms with Crippen LogP contribution >= 0.6 is 11.6 Å². The average molecular weight is 306 g/mol. The minimum Gasteiger partial charge on any atom is -0.480 e. The second-order valence-electron chi connectivity index (χ2n) is 4.12. The molecule has 1 aromatic carbocycles. The Balaban J connectivity index is 3.26. The van der Waals surface area contributed by atoms with Crippen molar-refractivity contribution in [2.75, 3.05) is 13.1 Å².